The van der Waals surface area contributed by atoms with Crippen LogP contribution in [0.2, 0.25) is 5.02 Å². The van der Waals surface area contributed by atoms with Crippen LogP contribution in [0.25, 0.3) is 10.2 Å². The topological polar surface area (TPSA) is 77.4 Å². The van der Waals surface area contributed by atoms with Crippen LogP contribution in [0.4, 0.5) is 5.69 Å². The van der Waals surface area contributed by atoms with E-state index in [1.165, 1.54) is 22.8 Å². The van der Waals surface area contributed by atoms with Crippen LogP contribution in [0.1, 0.15) is 0 Å². The highest BCUT2D eigenvalue weighted by atomic mass is 35.5. The number of fused-ring (bicyclic) bond motifs is 1. The lowest BCUT2D eigenvalue weighted by molar-refractivity contribution is 0.485. The van der Waals surface area contributed by atoms with Crippen LogP contribution in [0, 0.1) is 0 Å². The van der Waals surface area contributed by atoms with Gasteiger partial charge < -0.3 is 9.30 Å². The molecule has 29 heavy (non-hydrogen) atoms. The SMILES string of the molecule is Cn1c(=O)sc2cc(S(=O)(=O)Nc3cc(Cl)ccc3Oc3ccccc3)ccc21. The molecular formula is C20H15ClN2O4S2. The van der Waals surface area contributed by atoms with Gasteiger partial charge in [-0.1, -0.05) is 41.1 Å². The molecule has 0 saturated heterocycles. The van der Waals surface area contributed by atoms with E-state index < -0.39 is 10.0 Å². The fourth-order valence-corrected chi connectivity index (χ4v) is 5.02. The molecule has 0 aliphatic rings. The molecule has 0 radical (unpaired) electrons. The number of aryl methyl sites for hydroxylation is 1. The Bertz CT molecular complexity index is 1360. The van der Waals surface area contributed by atoms with Crippen molar-refractivity contribution in [1.82, 2.24) is 4.57 Å². The van der Waals surface area contributed by atoms with E-state index in [1.54, 1.807) is 37.4 Å². The van der Waals surface area contributed by atoms with Gasteiger partial charge in [-0.25, -0.2) is 8.42 Å². The number of nitrogens with one attached hydrogen (secondary N) is 1. The Labute approximate surface area is 176 Å². The van der Waals surface area contributed by atoms with Crippen molar-refractivity contribution in [2.24, 2.45) is 7.05 Å². The zero-order chi connectivity index (χ0) is 20.6. The number of ether oxygens (including phenoxy) is 1. The third-order valence-electron chi connectivity index (χ3n) is 4.23. The quantitative estimate of drug-likeness (QED) is 0.475. The molecule has 0 unspecified atom stereocenters. The molecule has 4 rings (SSSR count). The van der Waals surface area contributed by atoms with Gasteiger partial charge in [0.05, 0.1) is 20.8 Å². The molecule has 9 heteroatoms. The highest BCUT2D eigenvalue weighted by Crippen LogP contribution is 2.34. The third kappa shape index (κ3) is 4.00. The Morgan fingerprint density at radius 3 is 2.55 bits per heavy atom. The van der Waals surface area contributed by atoms with E-state index in [1.807, 2.05) is 18.2 Å². The van der Waals surface area contributed by atoms with Crippen LogP contribution in [0.5, 0.6) is 11.5 Å². The van der Waals surface area contributed by atoms with Gasteiger partial charge in [-0.15, -0.1) is 0 Å². The first kappa shape index (κ1) is 19.5. The van der Waals surface area contributed by atoms with Gasteiger partial charge in [0.15, 0.2) is 5.75 Å². The van der Waals surface area contributed by atoms with Crippen LogP contribution < -0.4 is 14.3 Å². The Kier molecular flexibility index (Phi) is 5.08. The lowest BCUT2D eigenvalue weighted by Crippen LogP contribution is -2.13. The number of nitrogens with zero attached hydrogens (tertiary/aromatic N) is 1. The minimum absolute atomic E-state index is 0.0393. The summed E-state index contributed by atoms with van der Waals surface area (Å²) in [6.07, 6.45) is 0. The number of aromatic nitrogens is 1. The van der Waals surface area contributed by atoms with Crippen LogP contribution in [-0.4, -0.2) is 13.0 Å². The zero-order valence-electron chi connectivity index (χ0n) is 15.1. The van der Waals surface area contributed by atoms with E-state index in [2.05, 4.69) is 4.72 Å². The van der Waals surface area contributed by atoms with E-state index in [0.29, 0.717) is 26.7 Å². The average Bonchev–Trinajstić information content (AvgIpc) is 2.98. The summed E-state index contributed by atoms with van der Waals surface area (Å²) in [5.74, 6) is 0.875. The van der Waals surface area contributed by atoms with Gasteiger partial charge >= 0.3 is 4.87 Å². The van der Waals surface area contributed by atoms with Gasteiger partial charge in [0.25, 0.3) is 10.0 Å². The number of halogens is 1. The number of sulfonamides is 1. The summed E-state index contributed by atoms with van der Waals surface area (Å²) in [7, 11) is -2.29. The first-order valence-corrected chi connectivity index (χ1v) is 11.2. The van der Waals surface area contributed by atoms with Crippen LogP contribution in [-0.2, 0) is 17.1 Å². The van der Waals surface area contributed by atoms with Gasteiger partial charge in [0.1, 0.15) is 5.75 Å². The van der Waals surface area contributed by atoms with Crippen LogP contribution in [0.3, 0.4) is 0 Å². The summed E-state index contributed by atoms with van der Waals surface area (Å²) in [5, 5.41) is 0.361. The Morgan fingerprint density at radius 1 is 1.03 bits per heavy atom. The Morgan fingerprint density at radius 2 is 1.79 bits per heavy atom. The minimum Gasteiger partial charge on any atom is -0.455 e. The van der Waals surface area contributed by atoms with Crippen molar-refractivity contribution in [3.05, 3.63) is 81.4 Å². The first-order chi connectivity index (χ1) is 13.8. The highest BCUT2D eigenvalue weighted by Gasteiger charge is 2.19. The molecule has 0 amide bonds. The van der Waals surface area contributed by atoms with E-state index in [9.17, 15) is 13.2 Å². The molecule has 0 bridgehead atoms. The molecule has 3 aromatic carbocycles. The second kappa shape index (κ2) is 7.55. The first-order valence-electron chi connectivity index (χ1n) is 8.48. The number of para-hydroxylation sites is 1. The van der Waals surface area contributed by atoms with Gasteiger partial charge in [-0.2, -0.15) is 0 Å². The molecule has 0 aliphatic carbocycles. The largest absolute Gasteiger partial charge is 0.455 e. The Hall–Kier alpha value is -2.81. The molecule has 0 fully saturated rings. The van der Waals surface area contributed by atoms with Crippen LogP contribution >= 0.6 is 22.9 Å². The molecule has 4 aromatic rings. The lowest BCUT2D eigenvalue weighted by atomic mass is 10.3. The molecule has 0 aliphatic heterocycles. The summed E-state index contributed by atoms with van der Waals surface area (Å²) >= 11 is 7.06. The molecule has 0 saturated carbocycles. The predicted molar refractivity (Wildman–Crippen MR) is 116 cm³/mol. The van der Waals surface area contributed by atoms with E-state index in [4.69, 9.17) is 16.3 Å². The maximum atomic E-state index is 13.0. The molecular weight excluding hydrogens is 432 g/mol. The van der Waals surface area contributed by atoms with Crippen molar-refractivity contribution >= 4 is 48.9 Å². The van der Waals surface area contributed by atoms with Crippen molar-refractivity contribution in [3.8, 4) is 11.5 Å². The molecule has 6 nitrogen and oxygen atoms in total. The molecule has 148 valence electrons. The summed E-state index contributed by atoms with van der Waals surface area (Å²) in [5.41, 5.74) is 0.887. The lowest BCUT2D eigenvalue weighted by Gasteiger charge is -2.14. The van der Waals surface area contributed by atoms with Gasteiger partial charge in [0.2, 0.25) is 0 Å². The highest BCUT2D eigenvalue weighted by molar-refractivity contribution is 7.92. The fourth-order valence-electron chi connectivity index (χ4n) is 2.77. The maximum Gasteiger partial charge on any atom is 0.307 e. The van der Waals surface area contributed by atoms with Gasteiger partial charge in [0, 0.05) is 12.1 Å². The number of thiazole rings is 1. The molecule has 0 atom stereocenters. The smallest absolute Gasteiger partial charge is 0.307 e. The number of anilines is 1. The summed E-state index contributed by atoms with van der Waals surface area (Å²) in [6, 6.07) is 18.3. The number of hydrogen-bond donors (Lipinski definition) is 1. The van der Waals surface area contributed by atoms with E-state index in [0.717, 1.165) is 11.3 Å². The van der Waals surface area contributed by atoms with Crippen molar-refractivity contribution in [1.29, 1.82) is 0 Å². The summed E-state index contributed by atoms with van der Waals surface area (Å²) in [6.45, 7) is 0. The maximum absolute atomic E-state index is 13.0. The summed E-state index contributed by atoms with van der Waals surface area (Å²) in [4.78, 5) is 11.7. The van der Waals surface area contributed by atoms with Crippen molar-refractivity contribution in [2.75, 3.05) is 4.72 Å². The molecule has 1 N–H and O–H groups in total. The predicted octanol–water partition coefficient (Wildman–Crippen LogP) is 4.85. The number of benzene rings is 3. The Balaban J connectivity index is 1.71. The zero-order valence-corrected chi connectivity index (χ0v) is 17.5. The van der Waals surface area contributed by atoms with Gasteiger partial charge in [-0.3, -0.25) is 9.52 Å². The van der Waals surface area contributed by atoms with Crippen LogP contribution in [0.15, 0.2) is 76.4 Å². The molecule has 1 heterocycles. The molecule has 1 aromatic heterocycles. The van der Waals surface area contributed by atoms with E-state index in [-0.39, 0.29) is 15.5 Å². The number of hydrogen-bond acceptors (Lipinski definition) is 5. The monoisotopic (exact) mass is 446 g/mol. The van der Waals surface area contributed by atoms with Crippen molar-refractivity contribution in [3.63, 3.8) is 0 Å². The minimum atomic E-state index is -3.93. The van der Waals surface area contributed by atoms with E-state index >= 15 is 0 Å². The second-order valence-electron chi connectivity index (χ2n) is 6.22. The second-order valence-corrected chi connectivity index (χ2v) is 9.33. The van der Waals surface area contributed by atoms with Gasteiger partial charge in [-0.05, 0) is 48.5 Å². The third-order valence-corrected chi connectivity index (χ3v) is 6.82. The number of rotatable bonds is 5. The van der Waals surface area contributed by atoms with Crippen molar-refractivity contribution < 1.29 is 13.2 Å². The van der Waals surface area contributed by atoms with Crippen molar-refractivity contribution in [2.45, 2.75) is 4.90 Å². The summed E-state index contributed by atoms with van der Waals surface area (Å²) < 4.78 is 36.3. The fraction of sp³-hybridized carbons (Fsp3) is 0.0500. The standard InChI is InChI=1S/C20H15ClN2O4S2/c1-23-17-9-8-15(12-19(17)28-20(23)24)29(25,26)22-16-11-13(21)7-10-18(16)27-14-5-3-2-4-6-14/h2-12,22H,1H3. The normalized spacial score (nSPS) is 11.5. The molecule has 0 spiro atoms. The average molecular weight is 447 g/mol.